The van der Waals surface area contributed by atoms with Gasteiger partial charge in [-0.3, -0.25) is 4.98 Å². The van der Waals surface area contributed by atoms with E-state index in [1.807, 2.05) is 0 Å². The Balaban J connectivity index is 1.67. The van der Waals surface area contributed by atoms with Crippen LogP contribution < -0.4 is 4.74 Å². The lowest BCUT2D eigenvalue weighted by molar-refractivity contribution is 0.0475. The van der Waals surface area contributed by atoms with E-state index < -0.39 is 6.09 Å². The first-order valence-corrected chi connectivity index (χ1v) is 6.18. The average molecular weight is 249 g/mol. The number of carboxylic acid groups (broad SMARTS) is 1. The Morgan fingerprint density at radius 3 is 2.61 bits per heavy atom. The number of hydrogen-bond donors (Lipinski definition) is 1. The van der Waals surface area contributed by atoms with E-state index in [-0.39, 0.29) is 18.2 Å². The van der Waals surface area contributed by atoms with Crippen molar-refractivity contribution in [3.05, 3.63) is 18.6 Å². The summed E-state index contributed by atoms with van der Waals surface area (Å²) in [5, 5.41) is 9.16. The summed E-state index contributed by atoms with van der Waals surface area (Å²) in [6.45, 7) is 0. The summed E-state index contributed by atoms with van der Waals surface area (Å²) in [5.41, 5.74) is 0. The van der Waals surface area contributed by atoms with Gasteiger partial charge in [0.05, 0.1) is 6.20 Å². The lowest BCUT2D eigenvalue weighted by Crippen LogP contribution is -2.48. The van der Waals surface area contributed by atoms with Gasteiger partial charge in [-0.1, -0.05) is 0 Å². The molecule has 2 fully saturated rings. The smallest absolute Gasteiger partial charge is 0.407 e. The maximum Gasteiger partial charge on any atom is 0.407 e. The molecule has 2 saturated heterocycles. The summed E-state index contributed by atoms with van der Waals surface area (Å²) in [4.78, 5) is 20.8. The Morgan fingerprint density at radius 2 is 2.06 bits per heavy atom. The summed E-state index contributed by atoms with van der Waals surface area (Å²) in [7, 11) is 0. The van der Waals surface area contributed by atoms with Gasteiger partial charge in [0.15, 0.2) is 0 Å². The Hall–Kier alpha value is -1.85. The molecule has 3 heterocycles. The molecule has 1 unspecified atom stereocenters. The summed E-state index contributed by atoms with van der Waals surface area (Å²) in [6, 6.07) is 0.200. The third kappa shape index (κ3) is 1.98. The number of amides is 1. The van der Waals surface area contributed by atoms with Crippen LogP contribution >= 0.6 is 0 Å². The highest BCUT2D eigenvalue weighted by atomic mass is 16.5. The third-order valence-electron chi connectivity index (χ3n) is 3.74. The van der Waals surface area contributed by atoms with E-state index in [2.05, 4.69) is 9.97 Å². The van der Waals surface area contributed by atoms with Crippen LogP contribution in [0.15, 0.2) is 18.6 Å². The number of rotatable bonds is 2. The van der Waals surface area contributed by atoms with Gasteiger partial charge < -0.3 is 14.7 Å². The van der Waals surface area contributed by atoms with Crippen LogP contribution in [0.2, 0.25) is 0 Å². The monoisotopic (exact) mass is 249 g/mol. The van der Waals surface area contributed by atoms with Gasteiger partial charge in [-0.25, -0.2) is 9.78 Å². The molecule has 2 bridgehead atoms. The molecule has 2 aliphatic rings. The normalized spacial score (nSPS) is 30.2. The number of fused-ring (bicyclic) bond motifs is 2. The van der Waals surface area contributed by atoms with Crippen LogP contribution in [0.5, 0.6) is 5.88 Å². The van der Waals surface area contributed by atoms with E-state index in [9.17, 15) is 4.79 Å². The minimum absolute atomic E-state index is 0.0507. The van der Waals surface area contributed by atoms with Crippen molar-refractivity contribution in [2.24, 2.45) is 0 Å². The van der Waals surface area contributed by atoms with Gasteiger partial charge >= 0.3 is 6.09 Å². The number of ether oxygens (including phenoxy) is 1. The Bertz CT molecular complexity index is 425. The molecule has 0 aromatic carbocycles. The van der Waals surface area contributed by atoms with Gasteiger partial charge in [-0.2, -0.15) is 0 Å². The molecule has 1 aromatic heterocycles. The Kier molecular flexibility index (Phi) is 2.77. The molecule has 2 aliphatic heterocycles. The standard InChI is InChI=1S/C12H15N3O3/c16-12(17)15-8-1-2-9(15)6-10(5-8)18-11-7-13-3-4-14-11/h3-4,7-10H,1-2,5-6H2,(H,16,17)/t8-,9+,10?. The molecule has 3 rings (SSSR count). The number of carbonyl (C=O) groups is 1. The van der Waals surface area contributed by atoms with E-state index in [0.717, 1.165) is 25.7 Å². The molecule has 1 amide bonds. The molecule has 0 radical (unpaired) electrons. The Morgan fingerprint density at radius 1 is 1.33 bits per heavy atom. The molecule has 0 aliphatic carbocycles. The van der Waals surface area contributed by atoms with Crippen LogP contribution in [0.25, 0.3) is 0 Å². The molecule has 6 heteroatoms. The predicted molar refractivity (Wildman–Crippen MR) is 62.4 cm³/mol. The van der Waals surface area contributed by atoms with Crippen molar-refractivity contribution < 1.29 is 14.6 Å². The fourth-order valence-corrected chi connectivity index (χ4v) is 3.05. The van der Waals surface area contributed by atoms with Gasteiger partial charge in [0.2, 0.25) is 5.88 Å². The quantitative estimate of drug-likeness (QED) is 0.860. The minimum atomic E-state index is -0.805. The van der Waals surface area contributed by atoms with E-state index in [0.29, 0.717) is 5.88 Å². The van der Waals surface area contributed by atoms with Crippen LogP contribution in [0, 0.1) is 0 Å². The van der Waals surface area contributed by atoms with Crippen LogP contribution in [0.4, 0.5) is 4.79 Å². The SMILES string of the molecule is O=C(O)N1[C@@H]2CC[C@H]1CC(Oc1cnccn1)C2. The molecular weight excluding hydrogens is 234 g/mol. The van der Waals surface area contributed by atoms with Crippen molar-refractivity contribution in [3.63, 3.8) is 0 Å². The van der Waals surface area contributed by atoms with Crippen LogP contribution in [-0.2, 0) is 0 Å². The van der Waals surface area contributed by atoms with E-state index in [1.54, 1.807) is 23.5 Å². The zero-order valence-corrected chi connectivity index (χ0v) is 9.90. The first-order valence-electron chi connectivity index (χ1n) is 6.18. The van der Waals surface area contributed by atoms with Crippen LogP contribution in [0.3, 0.4) is 0 Å². The second-order valence-corrected chi connectivity index (χ2v) is 4.83. The molecule has 0 spiro atoms. The molecule has 6 nitrogen and oxygen atoms in total. The van der Waals surface area contributed by atoms with Crippen molar-refractivity contribution in [2.75, 3.05) is 0 Å². The third-order valence-corrected chi connectivity index (χ3v) is 3.74. The topological polar surface area (TPSA) is 75.5 Å². The van der Waals surface area contributed by atoms with Gasteiger partial charge in [0.1, 0.15) is 6.10 Å². The van der Waals surface area contributed by atoms with Gasteiger partial charge in [-0.05, 0) is 12.8 Å². The lowest BCUT2D eigenvalue weighted by atomic mass is 10.0. The summed E-state index contributed by atoms with van der Waals surface area (Å²) >= 11 is 0. The van der Waals surface area contributed by atoms with Gasteiger partial charge in [0.25, 0.3) is 0 Å². The first-order chi connectivity index (χ1) is 8.74. The van der Waals surface area contributed by atoms with E-state index in [4.69, 9.17) is 9.84 Å². The van der Waals surface area contributed by atoms with Crippen molar-refractivity contribution in [3.8, 4) is 5.88 Å². The fraction of sp³-hybridized carbons (Fsp3) is 0.583. The molecule has 0 saturated carbocycles. The van der Waals surface area contributed by atoms with Crippen molar-refractivity contribution in [2.45, 2.75) is 43.9 Å². The zero-order chi connectivity index (χ0) is 12.5. The van der Waals surface area contributed by atoms with E-state index >= 15 is 0 Å². The highest BCUT2D eigenvalue weighted by Gasteiger charge is 2.44. The Labute approximate surface area is 105 Å². The molecule has 3 atom stereocenters. The maximum absolute atomic E-state index is 11.1. The summed E-state index contributed by atoms with van der Waals surface area (Å²) in [5.74, 6) is 0.519. The van der Waals surface area contributed by atoms with Crippen LogP contribution in [0.1, 0.15) is 25.7 Å². The average Bonchev–Trinajstić information content (AvgIpc) is 2.63. The molecule has 96 valence electrons. The summed E-state index contributed by atoms with van der Waals surface area (Å²) < 4.78 is 5.77. The number of nitrogens with zero attached hydrogens (tertiary/aromatic N) is 3. The maximum atomic E-state index is 11.1. The minimum Gasteiger partial charge on any atom is -0.473 e. The number of piperidine rings is 1. The van der Waals surface area contributed by atoms with Gasteiger partial charge in [0, 0.05) is 37.3 Å². The highest BCUT2D eigenvalue weighted by Crippen LogP contribution is 2.36. The molecule has 18 heavy (non-hydrogen) atoms. The first kappa shape index (κ1) is 11.3. The second-order valence-electron chi connectivity index (χ2n) is 4.83. The van der Waals surface area contributed by atoms with Crippen molar-refractivity contribution in [1.29, 1.82) is 0 Å². The van der Waals surface area contributed by atoms with Crippen molar-refractivity contribution >= 4 is 6.09 Å². The number of aromatic nitrogens is 2. The predicted octanol–water partition coefficient (Wildman–Crippen LogP) is 1.53. The zero-order valence-electron chi connectivity index (χ0n) is 9.90. The largest absolute Gasteiger partial charge is 0.473 e. The summed E-state index contributed by atoms with van der Waals surface area (Å²) in [6.07, 6.45) is 7.41. The fourth-order valence-electron chi connectivity index (χ4n) is 3.05. The van der Waals surface area contributed by atoms with Crippen molar-refractivity contribution in [1.82, 2.24) is 14.9 Å². The van der Waals surface area contributed by atoms with Crippen LogP contribution in [-0.4, -0.2) is 44.3 Å². The molecule has 1 aromatic rings. The highest BCUT2D eigenvalue weighted by molar-refractivity contribution is 5.66. The van der Waals surface area contributed by atoms with E-state index in [1.165, 1.54) is 0 Å². The number of hydrogen-bond acceptors (Lipinski definition) is 4. The molecular formula is C12H15N3O3. The molecule has 1 N–H and O–H groups in total. The second kappa shape index (κ2) is 4.44. The van der Waals surface area contributed by atoms with Gasteiger partial charge in [-0.15, -0.1) is 0 Å². The lowest BCUT2D eigenvalue weighted by Gasteiger charge is -2.36.